The molecule has 1 fully saturated rings. The predicted octanol–water partition coefficient (Wildman–Crippen LogP) is 3.32. The van der Waals surface area contributed by atoms with Gasteiger partial charge in [-0.2, -0.15) is 5.10 Å². The number of esters is 1. The molecule has 1 heterocycles. The molecule has 0 spiro atoms. The lowest BCUT2D eigenvalue weighted by atomic mass is 10.2. The molecule has 0 bridgehead atoms. The second kappa shape index (κ2) is 10.9. The number of carbonyl (C=O) groups is 3. The average molecular weight is 493 g/mol. The number of carbonyl (C=O) groups excluding carboxylic acids is 3. The van der Waals surface area contributed by atoms with Gasteiger partial charge in [-0.15, -0.1) is 0 Å². The summed E-state index contributed by atoms with van der Waals surface area (Å²) in [7, 11) is 1.43. The first kappa shape index (κ1) is 23.5. The number of hydrazone groups is 1. The van der Waals surface area contributed by atoms with Gasteiger partial charge in [0.2, 0.25) is 5.91 Å². The Morgan fingerprint density at radius 1 is 1.25 bits per heavy atom. The zero-order valence-electron chi connectivity index (χ0n) is 16.6. The van der Waals surface area contributed by atoms with Crippen LogP contribution in [0.5, 0.6) is 11.5 Å². The molecule has 32 heavy (non-hydrogen) atoms. The number of thiocarbonyl (C=S) groups is 1. The van der Waals surface area contributed by atoms with E-state index in [2.05, 4.69) is 21.2 Å². The summed E-state index contributed by atoms with van der Waals surface area (Å²) >= 11 is 11.8. The molecule has 1 aliphatic rings. The molecule has 2 amide bonds. The Kier molecular flexibility index (Phi) is 8.03. The number of amides is 2. The Morgan fingerprint density at radius 3 is 2.66 bits per heavy atom. The summed E-state index contributed by atoms with van der Waals surface area (Å²) in [4.78, 5) is 34.9. The van der Waals surface area contributed by atoms with Crippen LogP contribution in [0.4, 0.5) is 10.5 Å². The van der Waals surface area contributed by atoms with E-state index >= 15 is 0 Å². The molecule has 1 atom stereocenters. The molecule has 3 rings (SSSR count). The van der Waals surface area contributed by atoms with Gasteiger partial charge in [0.15, 0.2) is 16.6 Å². The summed E-state index contributed by atoms with van der Waals surface area (Å²) in [6.45, 7) is 0. The molecule has 1 unspecified atom stereocenters. The largest absolute Gasteiger partial charge is 0.493 e. The summed E-state index contributed by atoms with van der Waals surface area (Å²) in [6, 6.07) is 11.8. The molecule has 0 aromatic heterocycles. The van der Waals surface area contributed by atoms with Crippen molar-refractivity contribution in [1.29, 1.82) is 0 Å². The molecule has 2 aromatic carbocycles. The number of imide groups is 1. The topological polar surface area (TPSA) is 118 Å². The van der Waals surface area contributed by atoms with E-state index in [1.54, 1.807) is 36.4 Å². The van der Waals surface area contributed by atoms with Crippen LogP contribution in [-0.4, -0.2) is 40.8 Å². The smallest absolute Gasteiger partial charge is 0.312 e. The van der Waals surface area contributed by atoms with Crippen LogP contribution >= 0.6 is 35.6 Å². The maximum Gasteiger partial charge on any atom is 0.312 e. The third-order valence-electron chi connectivity index (χ3n) is 4.01. The molecule has 166 valence electrons. The Hall–Kier alpha value is -3.15. The molecule has 0 saturated carbocycles. The zero-order valence-corrected chi connectivity index (χ0v) is 19.0. The summed E-state index contributed by atoms with van der Waals surface area (Å²) < 4.78 is 10.5. The SMILES string of the molecule is COc1cc(/C=N/NC(=S)Nc2ccc(Cl)cc2)ccc1OC(=O)CC1SC(=O)NC1=O. The van der Waals surface area contributed by atoms with E-state index in [-0.39, 0.29) is 17.3 Å². The minimum absolute atomic E-state index is 0.178. The summed E-state index contributed by atoms with van der Waals surface area (Å²) in [5.41, 5.74) is 4.10. The second-order valence-corrected chi connectivity index (χ2v) is 8.32. The van der Waals surface area contributed by atoms with Crippen molar-refractivity contribution < 1.29 is 23.9 Å². The van der Waals surface area contributed by atoms with Crippen LogP contribution in [0, 0.1) is 0 Å². The molecule has 1 saturated heterocycles. The third-order valence-corrected chi connectivity index (χ3v) is 5.44. The number of rotatable bonds is 7. The standard InChI is InChI=1S/C20H17ClN4O5S2/c1-29-15-8-11(10-22-25-19(31)23-13-5-3-12(21)4-6-13)2-7-14(15)30-17(26)9-16-18(27)24-20(28)32-16/h2-8,10,16H,9H2,1H3,(H2,23,25,31)(H,24,27,28)/b22-10+. The van der Waals surface area contributed by atoms with Crippen molar-refractivity contribution in [2.45, 2.75) is 11.7 Å². The number of nitrogens with zero attached hydrogens (tertiary/aromatic N) is 1. The van der Waals surface area contributed by atoms with Crippen molar-refractivity contribution in [2.75, 3.05) is 12.4 Å². The van der Waals surface area contributed by atoms with Crippen molar-refractivity contribution in [3.05, 3.63) is 53.1 Å². The molecule has 1 aliphatic heterocycles. The molecule has 2 aromatic rings. The Bertz CT molecular complexity index is 1080. The first-order valence-corrected chi connectivity index (χ1v) is 10.8. The Morgan fingerprint density at radius 2 is 2.00 bits per heavy atom. The minimum Gasteiger partial charge on any atom is -0.493 e. The maximum atomic E-state index is 12.1. The first-order chi connectivity index (χ1) is 15.3. The van der Waals surface area contributed by atoms with Crippen LogP contribution < -0.4 is 25.5 Å². The van der Waals surface area contributed by atoms with Crippen molar-refractivity contribution >= 4 is 69.7 Å². The van der Waals surface area contributed by atoms with Crippen molar-refractivity contribution in [2.24, 2.45) is 5.10 Å². The molecule has 0 aliphatic carbocycles. The van der Waals surface area contributed by atoms with Gasteiger partial charge in [-0.1, -0.05) is 23.4 Å². The highest BCUT2D eigenvalue weighted by molar-refractivity contribution is 8.15. The lowest BCUT2D eigenvalue weighted by molar-refractivity contribution is -0.136. The van der Waals surface area contributed by atoms with Crippen molar-refractivity contribution in [3.8, 4) is 11.5 Å². The van der Waals surface area contributed by atoms with E-state index in [1.165, 1.54) is 19.4 Å². The van der Waals surface area contributed by atoms with Gasteiger partial charge in [-0.25, -0.2) is 0 Å². The van der Waals surface area contributed by atoms with E-state index < -0.39 is 22.4 Å². The molecule has 0 radical (unpaired) electrons. The van der Waals surface area contributed by atoms with Crippen LogP contribution in [0.2, 0.25) is 5.02 Å². The number of hydrogen-bond donors (Lipinski definition) is 3. The Labute approximate surface area is 197 Å². The van der Waals surface area contributed by atoms with Crippen LogP contribution in [0.15, 0.2) is 47.6 Å². The monoisotopic (exact) mass is 492 g/mol. The molecule has 3 N–H and O–H groups in total. The number of halogens is 1. The van der Waals surface area contributed by atoms with E-state index in [1.807, 2.05) is 0 Å². The van der Waals surface area contributed by atoms with Gasteiger partial charge in [0.1, 0.15) is 5.25 Å². The zero-order chi connectivity index (χ0) is 23.1. The average Bonchev–Trinajstić information content (AvgIpc) is 3.07. The van der Waals surface area contributed by atoms with Crippen LogP contribution in [-0.2, 0) is 9.59 Å². The quantitative estimate of drug-likeness (QED) is 0.176. The third kappa shape index (κ3) is 6.67. The molecule has 9 nitrogen and oxygen atoms in total. The highest BCUT2D eigenvalue weighted by atomic mass is 35.5. The normalized spacial score (nSPS) is 15.4. The molecule has 12 heteroatoms. The highest BCUT2D eigenvalue weighted by Crippen LogP contribution is 2.29. The van der Waals surface area contributed by atoms with Crippen LogP contribution in [0.3, 0.4) is 0 Å². The number of nitrogens with one attached hydrogen (secondary N) is 3. The highest BCUT2D eigenvalue weighted by Gasteiger charge is 2.34. The summed E-state index contributed by atoms with van der Waals surface area (Å²) in [5.74, 6) is -0.695. The van der Waals surface area contributed by atoms with E-state index in [0.717, 1.165) is 17.4 Å². The summed E-state index contributed by atoms with van der Waals surface area (Å²) in [6.07, 6.45) is 1.27. The van der Waals surface area contributed by atoms with Gasteiger partial charge >= 0.3 is 5.97 Å². The maximum absolute atomic E-state index is 12.1. The number of benzene rings is 2. The van der Waals surface area contributed by atoms with Crippen molar-refractivity contribution in [3.63, 3.8) is 0 Å². The number of hydrogen-bond acceptors (Lipinski definition) is 8. The lowest BCUT2D eigenvalue weighted by Crippen LogP contribution is -2.27. The predicted molar refractivity (Wildman–Crippen MR) is 127 cm³/mol. The summed E-state index contributed by atoms with van der Waals surface area (Å²) in [5, 5.41) is 8.76. The lowest BCUT2D eigenvalue weighted by Gasteiger charge is -2.11. The number of methoxy groups -OCH3 is 1. The van der Waals surface area contributed by atoms with Crippen LogP contribution in [0.1, 0.15) is 12.0 Å². The minimum atomic E-state index is -0.802. The van der Waals surface area contributed by atoms with Gasteiger partial charge in [0, 0.05) is 10.7 Å². The van der Waals surface area contributed by atoms with E-state index in [9.17, 15) is 14.4 Å². The van der Waals surface area contributed by atoms with Gasteiger partial charge in [0.05, 0.1) is 19.7 Å². The van der Waals surface area contributed by atoms with Gasteiger partial charge in [-0.05, 0) is 60.2 Å². The number of anilines is 1. The van der Waals surface area contributed by atoms with Crippen molar-refractivity contribution in [1.82, 2.24) is 10.7 Å². The first-order valence-electron chi connectivity index (χ1n) is 9.10. The van der Waals surface area contributed by atoms with Gasteiger partial charge in [-0.3, -0.25) is 25.1 Å². The van der Waals surface area contributed by atoms with E-state index in [4.69, 9.17) is 33.3 Å². The van der Waals surface area contributed by atoms with Crippen LogP contribution in [0.25, 0.3) is 0 Å². The molecular formula is C20H17ClN4O5S2. The second-order valence-electron chi connectivity index (χ2n) is 6.30. The van der Waals surface area contributed by atoms with Gasteiger partial charge in [0.25, 0.3) is 5.24 Å². The van der Waals surface area contributed by atoms with E-state index in [0.29, 0.717) is 16.3 Å². The van der Waals surface area contributed by atoms with Gasteiger partial charge < -0.3 is 14.8 Å². The molecular weight excluding hydrogens is 476 g/mol. The fraction of sp³-hybridized carbons (Fsp3) is 0.150. The number of ether oxygens (including phenoxy) is 2. The Balaban J connectivity index is 1.55. The fourth-order valence-electron chi connectivity index (χ4n) is 2.55. The number of thioether (sulfide) groups is 1. The fourth-order valence-corrected chi connectivity index (χ4v) is 3.65.